The summed E-state index contributed by atoms with van der Waals surface area (Å²) >= 11 is 1.40. The maximum atomic E-state index is 11.0. The number of carbonyl (C=O) groups is 1. The van der Waals surface area contributed by atoms with Crippen molar-refractivity contribution in [3.05, 3.63) is 40.4 Å². The molecule has 0 saturated carbocycles. The summed E-state index contributed by atoms with van der Waals surface area (Å²) < 4.78 is 5.50. The Bertz CT molecular complexity index is 543. The number of hydrogen-bond acceptors (Lipinski definition) is 4. The van der Waals surface area contributed by atoms with Gasteiger partial charge in [-0.1, -0.05) is 23.5 Å². The zero-order valence-corrected chi connectivity index (χ0v) is 10.2. The van der Waals surface area contributed by atoms with Gasteiger partial charge in [-0.05, 0) is 26.0 Å². The molecule has 2 aromatic rings. The van der Waals surface area contributed by atoms with Gasteiger partial charge in [-0.2, -0.15) is 0 Å². The maximum Gasteiger partial charge on any atom is 0.339 e. The van der Waals surface area contributed by atoms with E-state index in [1.54, 1.807) is 18.2 Å². The highest BCUT2D eigenvalue weighted by Gasteiger charge is 2.13. The predicted octanol–water partition coefficient (Wildman–Crippen LogP) is 3.25. The standard InChI is InChI=1S/C12H11NO3S/c1-7-8(2)17-12(13-7)16-10-6-4-3-5-9(10)11(14)15/h3-6H,1-2H3,(H,14,15). The third-order valence-electron chi connectivity index (χ3n) is 2.32. The van der Waals surface area contributed by atoms with Gasteiger partial charge in [0.25, 0.3) is 5.19 Å². The first kappa shape index (κ1) is 11.6. The van der Waals surface area contributed by atoms with Gasteiger partial charge in [0, 0.05) is 4.88 Å². The number of hydrogen-bond donors (Lipinski definition) is 1. The molecule has 0 bridgehead atoms. The summed E-state index contributed by atoms with van der Waals surface area (Å²) in [5, 5.41) is 9.47. The van der Waals surface area contributed by atoms with Gasteiger partial charge >= 0.3 is 5.97 Å². The number of aromatic nitrogens is 1. The highest BCUT2D eigenvalue weighted by Crippen LogP contribution is 2.30. The Morgan fingerprint density at radius 2 is 2.06 bits per heavy atom. The summed E-state index contributed by atoms with van der Waals surface area (Å²) in [7, 11) is 0. The quantitative estimate of drug-likeness (QED) is 0.907. The molecule has 0 saturated heterocycles. The summed E-state index contributed by atoms with van der Waals surface area (Å²) in [6, 6.07) is 6.52. The third kappa shape index (κ3) is 2.45. The van der Waals surface area contributed by atoms with Crippen LogP contribution in [0.5, 0.6) is 10.9 Å². The number of aromatic carboxylic acids is 1. The molecule has 88 valence electrons. The van der Waals surface area contributed by atoms with Crippen molar-refractivity contribution in [2.24, 2.45) is 0 Å². The largest absolute Gasteiger partial charge is 0.478 e. The lowest BCUT2D eigenvalue weighted by Crippen LogP contribution is -1.99. The summed E-state index contributed by atoms with van der Waals surface area (Å²) in [5.41, 5.74) is 1.04. The number of aryl methyl sites for hydroxylation is 2. The van der Waals surface area contributed by atoms with Crippen molar-refractivity contribution >= 4 is 17.3 Å². The molecule has 0 aliphatic rings. The van der Waals surface area contributed by atoms with Crippen LogP contribution in [0.2, 0.25) is 0 Å². The molecule has 1 aromatic heterocycles. The van der Waals surface area contributed by atoms with Gasteiger partial charge in [-0.3, -0.25) is 0 Å². The third-order valence-corrected chi connectivity index (χ3v) is 3.27. The molecular formula is C12H11NO3S. The number of carboxylic acids is 1. The van der Waals surface area contributed by atoms with Crippen molar-refractivity contribution in [3.63, 3.8) is 0 Å². The van der Waals surface area contributed by atoms with Crippen molar-refractivity contribution < 1.29 is 14.6 Å². The van der Waals surface area contributed by atoms with Gasteiger partial charge in [-0.25, -0.2) is 9.78 Å². The lowest BCUT2D eigenvalue weighted by Gasteiger charge is -2.04. The lowest BCUT2D eigenvalue weighted by molar-refractivity contribution is 0.0694. The predicted molar refractivity (Wildman–Crippen MR) is 65.1 cm³/mol. The van der Waals surface area contributed by atoms with Gasteiger partial charge in [0.1, 0.15) is 11.3 Å². The van der Waals surface area contributed by atoms with Crippen LogP contribution >= 0.6 is 11.3 Å². The number of thiazole rings is 1. The maximum absolute atomic E-state index is 11.0. The molecule has 0 atom stereocenters. The van der Waals surface area contributed by atoms with E-state index in [1.165, 1.54) is 17.4 Å². The van der Waals surface area contributed by atoms with Crippen molar-refractivity contribution in [3.8, 4) is 10.9 Å². The Morgan fingerprint density at radius 1 is 1.35 bits per heavy atom. The van der Waals surface area contributed by atoms with Crippen molar-refractivity contribution in [1.29, 1.82) is 0 Å². The van der Waals surface area contributed by atoms with E-state index in [-0.39, 0.29) is 5.56 Å². The van der Waals surface area contributed by atoms with E-state index >= 15 is 0 Å². The monoisotopic (exact) mass is 249 g/mol. The number of ether oxygens (including phenoxy) is 1. The number of nitrogens with zero attached hydrogens (tertiary/aromatic N) is 1. The van der Waals surface area contributed by atoms with Gasteiger partial charge in [0.2, 0.25) is 0 Å². The first-order chi connectivity index (χ1) is 8.08. The van der Waals surface area contributed by atoms with E-state index in [9.17, 15) is 4.79 Å². The van der Waals surface area contributed by atoms with Crippen LogP contribution in [0.3, 0.4) is 0 Å². The smallest absolute Gasteiger partial charge is 0.339 e. The van der Waals surface area contributed by atoms with E-state index in [0.717, 1.165) is 10.6 Å². The molecule has 2 rings (SSSR count). The van der Waals surface area contributed by atoms with Crippen LogP contribution < -0.4 is 4.74 Å². The minimum atomic E-state index is -1.01. The van der Waals surface area contributed by atoms with Gasteiger partial charge < -0.3 is 9.84 Å². The average Bonchev–Trinajstić information content (AvgIpc) is 2.58. The minimum absolute atomic E-state index is 0.137. The molecule has 0 unspecified atom stereocenters. The summed E-state index contributed by atoms with van der Waals surface area (Å²) in [5.74, 6) is -0.695. The second-order valence-corrected chi connectivity index (χ2v) is 4.69. The van der Waals surface area contributed by atoms with E-state index in [1.807, 2.05) is 13.8 Å². The van der Waals surface area contributed by atoms with Crippen LogP contribution in [0.15, 0.2) is 24.3 Å². The Labute approximate surface area is 103 Å². The number of carboxylic acid groups (broad SMARTS) is 1. The number of para-hydroxylation sites is 1. The first-order valence-electron chi connectivity index (χ1n) is 5.02. The molecule has 4 nitrogen and oxygen atoms in total. The Morgan fingerprint density at radius 3 is 2.65 bits per heavy atom. The van der Waals surface area contributed by atoms with Gasteiger partial charge in [0.05, 0.1) is 5.69 Å². The first-order valence-corrected chi connectivity index (χ1v) is 5.84. The molecule has 1 N–H and O–H groups in total. The van der Waals surface area contributed by atoms with E-state index in [4.69, 9.17) is 9.84 Å². The van der Waals surface area contributed by atoms with E-state index in [0.29, 0.717) is 10.9 Å². The average molecular weight is 249 g/mol. The van der Waals surface area contributed by atoms with Crippen LogP contribution in [0.25, 0.3) is 0 Å². The molecule has 0 radical (unpaired) electrons. The van der Waals surface area contributed by atoms with Crippen LogP contribution in [0.4, 0.5) is 0 Å². The second-order valence-electron chi connectivity index (χ2n) is 3.52. The zero-order valence-electron chi connectivity index (χ0n) is 9.43. The van der Waals surface area contributed by atoms with E-state index in [2.05, 4.69) is 4.98 Å². The summed E-state index contributed by atoms with van der Waals surface area (Å²) in [6.07, 6.45) is 0. The number of rotatable bonds is 3. The Hall–Kier alpha value is -1.88. The second kappa shape index (κ2) is 4.55. The highest BCUT2D eigenvalue weighted by atomic mass is 32.1. The number of benzene rings is 1. The molecule has 0 aliphatic carbocycles. The van der Waals surface area contributed by atoms with Gasteiger partial charge in [-0.15, -0.1) is 0 Å². The fraction of sp³-hybridized carbons (Fsp3) is 0.167. The SMILES string of the molecule is Cc1nc(Oc2ccccc2C(=O)O)sc1C. The molecule has 5 heteroatoms. The minimum Gasteiger partial charge on any atom is -0.478 e. The summed E-state index contributed by atoms with van der Waals surface area (Å²) in [4.78, 5) is 16.3. The molecule has 0 amide bonds. The molecule has 0 fully saturated rings. The van der Waals surface area contributed by atoms with Crippen LogP contribution in [0, 0.1) is 13.8 Å². The fourth-order valence-corrected chi connectivity index (χ4v) is 2.08. The molecular weight excluding hydrogens is 238 g/mol. The molecule has 17 heavy (non-hydrogen) atoms. The van der Waals surface area contributed by atoms with Crippen molar-refractivity contribution in [2.45, 2.75) is 13.8 Å². The Kier molecular flexibility index (Phi) is 3.10. The molecule has 1 heterocycles. The van der Waals surface area contributed by atoms with Crippen molar-refractivity contribution in [2.75, 3.05) is 0 Å². The zero-order chi connectivity index (χ0) is 12.4. The summed E-state index contributed by atoms with van der Waals surface area (Å²) in [6.45, 7) is 3.84. The highest BCUT2D eigenvalue weighted by molar-refractivity contribution is 7.13. The normalized spacial score (nSPS) is 10.2. The fourth-order valence-electron chi connectivity index (χ4n) is 1.31. The Balaban J connectivity index is 2.33. The molecule has 0 aliphatic heterocycles. The van der Waals surface area contributed by atoms with Crippen LogP contribution in [-0.4, -0.2) is 16.1 Å². The topological polar surface area (TPSA) is 59.4 Å². The van der Waals surface area contributed by atoms with Gasteiger partial charge in [0.15, 0.2) is 0 Å². The van der Waals surface area contributed by atoms with Crippen LogP contribution in [0.1, 0.15) is 20.9 Å². The lowest BCUT2D eigenvalue weighted by atomic mass is 10.2. The molecule has 0 spiro atoms. The van der Waals surface area contributed by atoms with E-state index < -0.39 is 5.97 Å². The van der Waals surface area contributed by atoms with Crippen molar-refractivity contribution in [1.82, 2.24) is 4.98 Å². The van der Waals surface area contributed by atoms with Crippen LogP contribution in [-0.2, 0) is 0 Å². The molecule has 1 aromatic carbocycles.